The summed E-state index contributed by atoms with van der Waals surface area (Å²) in [6, 6.07) is 5.16. The molecular weight excluding hydrogens is 234 g/mol. The highest BCUT2D eigenvalue weighted by molar-refractivity contribution is 5.14. The molecule has 3 heteroatoms. The molecule has 0 saturated heterocycles. The Labute approximate surface area is 116 Å². The van der Waals surface area contributed by atoms with Crippen LogP contribution in [0.15, 0.2) is 18.3 Å². The average molecular weight is 259 g/mol. The zero-order valence-corrected chi connectivity index (χ0v) is 12.1. The molecule has 0 amide bonds. The minimum Gasteiger partial charge on any atom is -0.310 e. The van der Waals surface area contributed by atoms with E-state index in [2.05, 4.69) is 41.3 Å². The van der Waals surface area contributed by atoms with Crippen LogP contribution >= 0.6 is 0 Å². The smallest absolute Gasteiger partial charge is 0.0544 e. The van der Waals surface area contributed by atoms with Gasteiger partial charge in [-0.3, -0.25) is 4.98 Å². The van der Waals surface area contributed by atoms with Gasteiger partial charge in [0.2, 0.25) is 0 Å². The van der Waals surface area contributed by atoms with E-state index in [0.29, 0.717) is 0 Å². The molecule has 0 radical (unpaired) electrons. The summed E-state index contributed by atoms with van der Waals surface area (Å²) in [5.41, 5.74) is 2.49. The molecule has 0 bridgehead atoms. The Morgan fingerprint density at radius 3 is 2.74 bits per heavy atom. The highest BCUT2D eigenvalue weighted by Gasteiger charge is 2.33. The van der Waals surface area contributed by atoms with Gasteiger partial charge in [0, 0.05) is 31.9 Å². The fraction of sp³-hybridized carbons (Fsp3) is 0.688. The summed E-state index contributed by atoms with van der Waals surface area (Å²) in [4.78, 5) is 6.98. The Morgan fingerprint density at radius 2 is 2.16 bits per heavy atom. The summed E-state index contributed by atoms with van der Waals surface area (Å²) >= 11 is 0. The van der Waals surface area contributed by atoms with Crippen molar-refractivity contribution in [3.8, 4) is 0 Å². The monoisotopic (exact) mass is 259 g/mol. The van der Waals surface area contributed by atoms with Crippen molar-refractivity contribution in [1.82, 2.24) is 15.2 Å². The Balaban J connectivity index is 1.44. The standard InChI is InChI=1S/C16H25N3/c1-12-7-14(12)10-19(2)11-16-4-3-13(9-18-16)8-17-15-5-6-15/h3-4,9,12,14-15,17H,5-8,10-11H2,1-2H3. The Morgan fingerprint density at radius 1 is 1.37 bits per heavy atom. The maximum Gasteiger partial charge on any atom is 0.0544 e. The quantitative estimate of drug-likeness (QED) is 0.815. The average Bonchev–Trinajstić information content (AvgIpc) is 3.29. The Kier molecular flexibility index (Phi) is 3.85. The maximum atomic E-state index is 4.58. The molecule has 2 aliphatic carbocycles. The van der Waals surface area contributed by atoms with Gasteiger partial charge < -0.3 is 10.2 Å². The van der Waals surface area contributed by atoms with E-state index in [4.69, 9.17) is 0 Å². The molecular formula is C16H25N3. The number of nitrogens with one attached hydrogen (secondary N) is 1. The first kappa shape index (κ1) is 13.1. The van der Waals surface area contributed by atoms with Crippen molar-refractivity contribution >= 4 is 0 Å². The lowest BCUT2D eigenvalue weighted by Crippen LogP contribution is -2.21. The van der Waals surface area contributed by atoms with E-state index in [9.17, 15) is 0 Å². The van der Waals surface area contributed by atoms with Crippen molar-refractivity contribution in [3.05, 3.63) is 29.6 Å². The van der Waals surface area contributed by atoms with Gasteiger partial charge in [-0.05, 0) is 49.8 Å². The Hall–Kier alpha value is -0.930. The largest absolute Gasteiger partial charge is 0.310 e. The maximum absolute atomic E-state index is 4.58. The van der Waals surface area contributed by atoms with E-state index in [0.717, 1.165) is 31.0 Å². The predicted molar refractivity (Wildman–Crippen MR) is 77.7 cm³/mol. The van der Waals surface area contributed by atoms with E-state index in [-0.39, 0.29) is 0 Å². The van der Waals surface area contributed by atoms with Gasteiger partial charge in [-0.2, -0.15) is 0 Å². The lowest BCUT2D eigenvalue weighted by molar-refractivity contribution is 0.304. The minimum absolute atomic E-state index is 0.770. The summed E-state index contributed by atoms with van der Waals surface area (Å²) in [5.74, 6) is 1.86. The number of hydrogen-bond donors (Lipinski definition) is 1. The normalized spacial score (nSPS) is 25.8. The number of rotatable bonds is 7. The third-order valence-corrected chi connectivity index (χ3v) is 4.31. The van der Waals surface area contributed by atoms with Gasteiger partial charge in [0.1, 0.15) is 0 Å². The van der Waals surface area contributed by atoms with Crippen LogP contribution in [0.5, 0.6) is 0 Å². The van der Waals surface area contributed by atoms with Crippen LogP contribution < -0.4 is 5.32 Å². The highest BCUT2D eigenvalue weighted by atomic mass is 15.1. The van der Waals surface area contributed by atoms with E-state index >= 15 is 0 Å². The molecule has 3 rings (SSSR count). The second kappa shape index (κ2) is 5.59. The number of hydrogen-bond acceptors (Lipinski definition) is 3. The molecule has 0 aromatic carbocycles. The fourth-order valence-corrected chi connectivity index (χ4v) is 2.60. The van der Waals surface area contributed by atoms with Crippen molar-refractivity contribution < 1.29 is 0 Å². The third kappa shape index (κ3) is 4.02. The molecule has 1 aromatic heterocycles. The summed E-state index contributed by atoms with van der Waals surface area (Å²) in [5, 5.41) is 3.52. The molecule has 2 atom stereocenters. The van der Waals surface area contributed by atoms with Crippen LogP contribution in [0, 0.1) is 11.8 Å². The lowest BCUT2D eigenvalue weighted by atomic mass is 10.2. The van der Waals surface area contributed by atoms with E-state index in [1.807, 2.05) is 6.20 Å². The first-order valence-corrected chi connectivity index (χ1v) is 7.56. The first-order valence-electron chi connectivity index (χ1n) is 7.56. The number of aromatic nitrogens is 1. The van der Waals surface area contributed by atoms with Crippen molar-refractivity contribution in [1.29, 1.82) is 0 Å². The van der Waals surface area contributed by atoms with Gasteiger partial charge in [0.15, 0.2) is 0 Å². The van der Waals surface area contributed by atoms with Gasteiger partial charge in [0.05, 0.1) is 5.69 Å². The molecule has 19 heavy (non-hydrogen) atoms. The van der Waals surface area contributed by atoms with Crippen LogP contribution in [0.4, 0.5) is 0 Å². The highest BCUT2D eigenvalue weighted by Crippen LogP contribution is 2.38. The number of pyridine rings is 1. The minimum atomic E-state index is 0.770. The molecule has 2 aliphatic rings. The molecule has 2 unspecified atom stereocenters. The molecule has 104 valence electrons. The molecule has 1 N–H and O–H groups in total. The Bertz CT molecular complexity index is 411. The van der Waals surface area contributed by atoms with Crippen molar-refractivity contribution in [2.45, 2.75) is 45.3 Å². The fourth-order valence-electron chi connectivity index (χ4n) is 2.60. The lowest BCUT2D eigenvalue weighted by Gasteiger charge is -2.16. The molecule has 0 spiro atoms. The molecule has 2 fully saturated rings. The van der Waals surface area contributed by atoms with Crippen LogP contribution in [0.1, 0.15) is 37.4 Å². The topological polar surface area (TPSA) is 28.2 Å². The van der Waals surface area contributed by atoms with Crippen LogP contribution in [0.3, 0.4) is 0 Å². The van der Waals surface area contributed by atoms with Gasteiger partial charge >= 0.3 is 0 Å². The van der Waals surface area contributed by atoms with Crippen molar-refractivity contribution in [2.75, 3.05) is 13.6 Å². The molecule has 0 aliphatic heterocycles. The summed E-state index contributed by atoms with van der Waals surface area (Å²) in [7, 11) is 2.20. The molecule has 1 heterocycles. The zero-order valence-electron chi connectivity index (χ0n) is 12.1. The van der Waals surface area contributed by atoms with Crippen molar-refractivity contribution in [2.24, 2.45) is 11.8 Å². The SMILES string of the molecule is CC1CC1CN(C)Cc1ccc(CNC2CC2)cn1. The van der Waals surface area contributed by atoms with E-state index in [1.54, 1.807) is 0 Å². The van der Waals surface area contributed by atoms with E-state index < -0.39 is 0 Å². The summed E-state index contributed by atoms with van der Waals surface area (Å²) in [6.45, 7) is 5.50. The van der Waals surface area contributed by atoms with Crippen LogP contribution in [-0.2, 0) is 13.1 Å². The predicted octanol–water partition coefficient (Wildman–Crippen LogP) is 2.42. The first-order chi connectivity index (χ1) is 9.20. The zero-order chi connectivity index (χ0) is 13.2. The second-order valence-corrected chi connectivity index (χ2v) is 6.48. The van der Waals surface area contributed by atoms with Crippen LogP contribution in [0.2, 0.25) is 0 Å². The second-order valence-electron chi connectivity index (χ2n) is 6.48. The van der Waals surface area contributed by atoms with E-state index in [1.165, 1.54) is 37.1 Å². The van der Waals surface area contributed by atoms with Gasteiger partial charge in [0.25, 0.3) is 0 Å². The van der Waals surface area contributed by atoms with Crippen LogP contribution in [-0.4, -0.2) is 29.5 Å². The van der Waals surface area contributed by atoms with Gasteiger partial charge in [-0.1, -0.05) is 13.0 Å². The van der Waals surface area contributed by atoms with Crippen molar-refractivity contribution in [3.63, 3.8) is 0 Å². The molecule has 2 saturated carbocycles. The van der Waals surface area contributed by atoms with Gasteiger partial charge in [-0.25, -0.2) is 0 Å². The summed E-state index contributed by atoms with van der Waals surface area (Å²) < 4.78 is 0. The van der Waals surface area contributed by atoms with Crippen LogP contribution in [0.25, 0.3) is 0 Å². The number of nitrogens with zero attached hydrogens (tertiary/aromatic N) is 2. The molecule has 1 aromatic rings. The third-order valence-electron chi connectivity index (χ3n) is 4.31. The molecule has 3 nitrogen and oxygen atoms in total. The summed E-state index contributed by atoms with van der Waals surface area (Å²) in [6.07, 6.45) is 6.12. The van der Waals surface area contributed by atoms with Gasteiger partial charge in [-0.15, -0.1) is 0 Å².